The van der Waals surface area contributed by atoms with Gasteiger partial charge >= 0.3 is 0 Å². The molecule has 0 aliphatic heterocycles. The molecule has 0 aromatic carbocycles. The highest BCUT2D eigenvalue weighted by molar-refractivity contribution is 7.89. The van der Waals surface area contributed by atoms with Crippen molar-refractivity contribution in [2.24, 2.45) is 5.41 Å². The summed E-state index contributed by atoms with van der Waals surface area (Å²) in [4.78, 5) is 0. The molecule has 0 fully saturated rings. The minimum atomic E-state index is -3.15. The van der Waals surface area contributed by atoms with Crippen LogP contribution < -0.4 is 10.0 Å². The average Bonchev–Trinajstić information content (AvgIpc) is 2.26. The summed E-state index contributed by atoms with van der Waals surface area (Å²) in [5, 5.41) is 3.12. The van der Waals surface area contributed by atoms with Crippen molar-refractivity contribution in [1.29, 1.82) is 0 Å². The monoisotopic (exact) mass is 292 g/mol. The smallest absolute Gasteiger partial charge is 0.212 e. The highest BCUT2D eigenvalue weighted by Gasteiger charge is 2.20. The van der Waals surface area contributed by atoms with Gasteiger partial charge in [0.1, 0.15) is 0 Å². The predicted octanol–water partition coefficient (Wildman–Crippen LogP) is 2.51. The van der Waals surface area contributed by atoms with Gasteiger partial charge in [0, 0.05) is 19.1 Å². The summed E-state index contributed by atoms with van der Waals surface area (Å²) in [6.07, 6.45) is 4.64. The number of sulfonamides is 1. The molecule has 2 N–H and O–H groups in total. The fraction of sp³-hybridized carbons (Fsp3) is 1.00. The van der Waals surface area contributed by atoms with E-state index in [1.165, 1.54) is 19.3 Å². The fourth-order valence-electron chi connectivity index (χ4n) is 1.80. The summed E-state index contributed by atoms with van der Waals surface area (Å²) in [6, 6.07) is 0.320. The van der Waals surface area contributed by atoms with Crippen molar-refractivity contribution in [3.8, 4) is 0 Å². The molecular formula is C14H32N2O2S. The molecule has 4 nitrogen and oxygen atoms in total. The molecule has 0 rings (SSSR count). The van der Waals surface area contributed by atoms with Crippen LogP contribution in [0.2, 0.25) is 0 Å². The van der Waals surface area contributed by atoms with Crippen LogP contribution in [0.15, 0.2) is 0 Å². The molecule has 0 radical (unpaired) electrons. The molecule has 0 aromatic heterocycles. The van der Waals surface area contributed by atoms with Crippen LogP contribution in [0.3, 0.4) is 0 Å². The number of hydrogen-bond donors (Lipinski definition) is 2. The van der Waals surface area contributed by atoms with E-state index < -0.39 is 10.0 Å². The van der Waals surface area contributed by atoms with Gasteiger partial charge in [0.15, 0.2) is 0 Å². The van der Waals surface area contributed by atoms with Gasteiger partial charge < -0.3 is 5.32 Å². The van der Waals surface area contributed by atoms with Crippen molar-refractivity contribution in [1.82, 2.24) is 10.0 Å². The van der Waals surface area contributed by atoms with E-state index in [-0.39, 0.29) is 11.2 Å². The second-order valence-electron chi connectivity index (χ2n) is 6.37. The lowest BCUT2D eigenvalue weighted by Crippen LogP contribution is -2.38. The maximum absolute atomic E-state index is 11.8. The van der Waals surface area contributed by atoms with E-state index in [0.717, 1.165) is 6.42 Å². The average molecular weight is 292 g/mol. The molecule has 5 heteroatoms. The maximum Gasteiger partial charge on any atom is 0.212 e. The molecule has 0 heterocycles. The van der Waals surface area contributed by atoms with Gasteiger partial charge in [-0.15, -0.1) is 0 Å². The molecule has 19 heavy (non-hydrogen) atoms. The standard InChI is InChI=1S/C14H32N2O2S/c1-6-7-8-9-14(4,5)12-16-19(17,18)11-10-15-13(2)3/h13,15-16H,6-12H2,1-5H3. The second-order valence-corrected chi connectivity index (χ2v) is 8.30. The van der Waals surface area contributed by atoms with E-state index in [0.29, 0.717) is 19.1 Å². The summed E-state index contributed by atoms with van der Waals surface area (Å²) in [5.41, 5.74) is 0.0354. The predicted molar refractivity (Wildman–Crippen MR) is 82.9 cm³/mol. The Bertz CT molecular complexity index is 324. The van der Waals surface area contributed by atoms with Crippen LogP contribution in [0.4, 0.5) is 0 Å². The van der Waals surface area contributed by atoms with Crippen molar-refractivity contribution >= 4 is 10.0 Å². The Morgan fingerprint density at radius 3 is 2.32 bits per heavy atom. The molecule has 0 unspecified atom stereocenters. The minimum Gasteiger partial charge on any atom is -0.313 e. The molecule has 0 saturated carbocycles. The maximum atomic E-state index is 11.8. The number of unbranched alkanes of at least 4 members (excludes halogenated alkanes) is 2. The highest BCUT2D eigenvalue weighted by atomic mass is 32.2. The highest BCUT2D eigenvalue weighted by Crippen LogP contribution is 2.22. The van der Waals surface area contributed by atoms with Crippen LogP contribution in [0, 0.1) is 5.41 Å². The summed E-state index contributed by atoms with van der Waals surface area (Å²) in [7, 11) is -3.15. The Labute approximate surface area is 119 Å². The molecule has 0 saturated heterocycles. The Morgan fingerprint density at radius 1 is 1.16 bits per heavy atom. The Balaban J connectivity index is 4.00. The third-order valence-corrected chi connectivity index (χ3v) is 4.48. The zero-order valence-electron chi connectivity index (χ0n) is 13.3. The Hall–Kier alpha value is -0.130. The van der Waals surface area contributed by atoms with Crippen LogP contribution in [-0.4, -0.2) is 33.3 Å². The van der Waals surface area contributed by atoms with Gasteiger partial charge in [-0.25, -0.2) is 13.1 Å². The van der Waals surface area contributed by atoms with Gasteiger partial charge in [-0.2, -0.15) is 0 Å². The molecule has 0 spiro atoms. The van der Waals surface area contributed by atoms with Gasteiger partial charge in [0.25, 0.3) is 0 Å². The summed E-state index contributed by atoms with van der Waals surface area (Å²) in [6.45, 7) is 11.5. The van der Waals surface area contributed by atoms with Crippen molar-refractivity contribution in [3.63, 3.8) is 0 Å². The quantitative estimate of drug-likeness (QED) is 0.575. The molecule has 116 valence electrons. The molecule has 0 atom stereocenters. The lowest BCUT2D eigenvalue weighted by Gasteiger charge is -2.25. The van der Waals surface area contributed by atoms with Crippen LogP contribution >= 0.6 is 0 Å². The van der Waals surface area contributed by atoms with E-state index in [1.807, 2.05) is 13.8 Å². The van der Waals surface area contributed by atoms with Gasteiger partial charge in [0.05, 0.1) is 5.75 Å². The first-order chi connectivity index (χ1) is 8.68. The Kier molecular flexibility index (Phi) is 8.86. The first kappa shape index (κ1) is 18.9. The van der Waals surface area contributed by atoms with Gasteiger partial charge in [-0.05, 0) is 11.8 Å². The first-order valence-electron chi connectivity index (χ1n) is 7.39. The molecular weight excluding hydrogens is 260 g/mol. The van der Waals surface area contributed by atoms with Gasteiger partial charge in [-0.3, -0.25) is 0 Å². The van der Waals surface area contributed by atoms with Gasteiger partial charge in [-0.1, -0.05) is 53.9 Å². The largest absolute Gasteiger partial charge is 0.313 e. The van der Waals surface area contributed by atoms with E-state index in [1.54, 1.807) is 0 Å². The van der Waals surface area contributed by atoms with Crippen molar-refractivity contribution in [3.05, 3.63) is 0 Å². The SMILES string of the molecule is CCCCCC(C)(C)CNS(=O)(=O)CCNC(C)C. The molecule has 0 aliphatic rings. The lowest BCUT2D eigenvalue weighted by atomic mass is 9.87. The van der Waals surface area contributed by atoms with E-state index >= 15 is 0 Å². The minimum absolute atomic E-state index is 0.0354. The molecule has 0 bridgehead atoms. The summed E-state index contributed by atoms with van der Waals surface area (Å²) in [5.74, 6) is 0.149. The first-order valence-corrected chi connectivity index (χ1v) is 9.04. The van der Waals surface area contributed by atoms with E-state index in [9.17, 15) is 8.42 Å². The topological polar surface area (TPSA) is 58.2 Å². The lowest BCUT2D eigenvalue weighted by molar-refractivity contribution is 0.320. The zero-order valence-corrected chi connectivity index (χ0v) is 14.1. The van der Waals surface area contributed by atoms with Gasteiger partial charge in [0.2, 0.25) is 10.0 Å². The molecule has 0 aliphatic carbocycles. The third-order valence-electron chi connectivity index (χ3n) is 3.15. The van der Waals surface area contributed by atoms with Crippen LogP contribution in [0.5, 0.6) is 0 Å². The number of rotatable bonds is 11. The molecule has 0 aromatic rings. The zero-order chi connectivity index (χ0) is 14.9. The molecule has 0 amide bonds. The van der Waals surface area contributed by atoms with Crippen LogP contribution in [0.1, 0.15) is 60.3 Å². The summed E-state index contributed by atoms with van der Waals surface area (Å²) < 4.78 is 26.4. The van der Waals surface area contributed by atoms with Crippen LogP contribution in [0.25, 0.3) is 0 Å². The van der Waals surface area contributed by atoms with E-state index in [4.69, 9.17) is 0 Å². The fourth-order valence-corrected chi connectivity index (χ4v) is 2.94. The van der Waals surface area contributed by atoms with Crippen LogP contribution in [-0.2, 0) is 10.0 Å². The number of hydrogen-bond acceptors (Lipinski definition) is 3. The second kappa shape index (κ2) is 8.93. The Morgan fingerprint density at radius 2 is 1.79 bits per heavy atom. The summed E-state index contributed by atoms with van der Waals surface area (Å²) >= 11 is 0. The third kappa shape index (κ3) is 11.4. The van der Waals surface area contributed by atoms with Crippen molar-refractivity contribution in [2.75, 3.05) is 18.8 Å². The number of nitrogens with one attached hydrogen (secondary N) is 2. The normalized spacial score (nSPS) is 13.2. The van der Waals surface area contributed by atoms with Crippen molar-refractivity contribution < 1.29 is 8.42 Å². The van der Waals surface area contributed by atoms with E-state index in [2.05, 4.69) is 30.8 Å². The van der Waals surface area contributed by atoms with Crippen molar-refractivity contribution in [2.45, 2.75) is 66.3 Å².